The van der Waals surface area contributed by atoms with Gasteiger partial charge in [0.2, 0.25) is 5.95 Å². The zero-order valence-electron chi connectivity index (χ0n) is 20.9. The van der Waals surface area contributed by atoms with E-state index in [1.165, 1.54) is 0 Å². The van der Waals surface area contributed by atoms with Crippen molar-refractivity contribution >= 4 is 28.9 Å². The van der Waals surface area contributed by atoms with Crippen LogP contribution in [0.5, 0.6) is 17.2 Å². The summed E-state index contributed by atoms with van der Waals surface area (Å²) in [6.45, 7) is 0. The van der Waals surface area contributed by atoms with Crippen molar-refractivity contribution in [3.63, 3.8) is 0 Å². The van der Waals surface area contributed by atoms with Crippen molar-refractivity contribution in [2.75, 3.05) is 38.5 Å². The second kappa shape index (κ2) is 9.05. The maximum Gasteiger partial charge on any atom is 0.226 e. The van der Waals surface area contributed by atoms with Crippen molar-refractivity contribution in [2.24, 2.45) is 0 Å². The molecule has 0 spiro atoms. The number of aromatic nitrogens is 3. The van der Waals surface area contributed by atoms with E-state index in [4.69, 9.17) is 25.8 Å². The van der Waals surface area contributed by atoms with Crippen LogP contribution in [0.4, 0.5) is 11.6 Å². The molecule has 0 bridgehead atoms. The Hall–Kier alpha value is -4.17. The summed E-state index contributed by atoms with van der Waals surface area (Å²) in [5.41, 5.74) is 5.88. The van der Waals surface area contributed by atoms with E-state index in [1.54, 1.807) is 20.5 Å². The number of halogens is 1. The lowest BCUT2D eigenvalue weighted by molar-refractivity contribution is 0.222. The Labute approximate surface area is 220 Å². The fourth-order valence-electron chi connectivity index (χ4n) is 5.01. The summed E-state index contributed by atoms with van der Waals surface area (Å²) >= 11 is 6.44. The minimum atomic E-state index is -0.438. The molecule has 6 rings (SSSR count). The zero-order chi connectivity index (χ0) is 25.7. The minimum Gasteiger partial charge on any atom is -0.493 e. The summed E-state index contributed by atoms with van der Waals surface area (Å²) < 4.78 is 19.7. The van der Waals surface area contributed by atoms with E-state index < -0.39 is 6.10 Å². The van der Waals surface area contributed by atoms with Gasteiger partial charge in [0.1, 0.15) is 24.2 Å². The topological polar surface area (TPSA) is 73.7 Å². The van der Waals surface area contributed by atoms with Gasteiger partial charge in [0.05, 0.1) is 19.9 Å². The van der Waals surface area contributed by atoms with E-state index >= 15 is 0 Å². The standard InChI is InChI=1S/C28H26ClN5O3/c1-33(2)19-9-5-16(6-10-19)26-24-25(32-28-30-15-31-34(26)28)20-14-18(29)8-12-21(20)37-27(24)17-7-11-22(35-3)23(13-17)36-4/h5-15,26-27H,1-4H3,(H,30,31,32). The number of rotatable bonds is 5. The van der Waals surface area contributed by atoms with E-state index in [1.807, 2.05) is 55.2 Å². The second-order valence-corrected chi connectivity index (χ2v) is 9.56. The molecule has 4 aromatic rings. The van der Waals surface area contributed by atoms with Gasteiger partial charge in [-0.15, -0.1) is 0 Å². The molecule has 0 radical (unpaired) electrons. The molecule has 0 amide bonds. The average molecular weight is 516 g/mol. The van der Waals surface area contributed by atoms with Crippen LogP contribution in [0.15, 0.2) is 72.6 Å². The summed E-state index contributed by atoms with van der Waals surface area (Å²) in [5, 5.41) is 8.73. The Morgan fingerprint density at radius 1 is 0.946 bits per heavy atom. The number of hydrogen-bond donors (Lipinski definition) is 1. The van der Waals surface area contributed by atoms with Crippen LogP contribution >= 0.6 is 11.6 Å². The summed E-state index contributed by atoms with van der Waals surface area (Å²) in [6.07, 6.45) is 1.12. The molecule has 0 saturated heterocycles. The maximum atomic E-state index is 6.70. The molecule has 3 aromatic carbocycles. The largest absolute Gasteiger partial charge is 0.493 e. The Kier molecular flexibility index (Phi) is 5.68. The fraction of sp³-hybridized carbons (Fsp3) is 0.214. The third-order valence-electron chi connectivity index (χ3n) is 6.81. The van der Waals surface area contributed by atoms with E-state index in [0.717, 1.165) is 39.4 Å². The molecule has 2 aliphatic heterocycles. The molecule has 0 aliphatic carbocycles. The predicted octanol–water partition coefficient (Wildman–Crippen LogP) is 5.57. The highest BCUT2D eigenvalue weighted by Gasteiger charge is 2.41. The van der Waals surface area contributed by atoms with Gasteiger partial charge in [-0.3, -0.25) is 0 Å². The van der Waals surface area contributed by atoms with Crippen LogP contribution < -0.4 is 24.4 Å². The summed E-state index contributed by atoms with van der Waals surface area (Å²) in [4.78, 5) is 6.58. The Morgan fingerprint density at radius 2 is 1.70 bits per heavy atom. The smallest absolute Gasteiger partial charge is 0.226 e. The molecule has 188 valence electrons. The van der Waals surface area contributed by atoms with Gasteiger partial charge >= 0.3 is 0 Å². The molecule has 0 saturated carbocycles. The second-order valence-electron chi connectivity index (χ2n) is 9.12. The van der Waals surface area contributed by atoms with Gasteiger partial charge in [0.25, 0.3) is 0 Å². The molecular weight excluding hydrogens is 490 g/mol. The minimum absolute atomic E-state index is 0.268. The van der Waals surface area contributed by atoms with Gasteiger partial charge in [-0.2, -0.15) is 10.1 Å². The van der Waals surface area contributed by atoms with Crippen molar-refractivity contribution < 1.29 is 14.2 Å². The zero-order valence-corrected chi connectivity index (χ0v) is 21.7. The highest BCUT2D eigenvalue weighted by molar-refractivity contribution is 6.30. The lowest BCUT2D eigenvalue weighted by atomic mass is 9.84. The maximum absolute atomic E-state index is 6.70. The van der Waals surface area contributed by atoms with Crippen molar-refractivity contribution in [3.05, 3.63) is 94.3 Å². The van der Waals surface area contributed by atoms with Crippen molar-refractivity contribution in [1.82, 2.24) is 14.8 Å². The number of ether oxygens (including phenoxy) is 3. The number of benzene rings is 3. The average Bonchev–Trinajstić information content (AvgIpc) is 3.39. The molecule has 37 heavy (non-hydrogen) atoms. The van der Waals surface area contributed by atoms with Crippen molar-refractivity contribution in [2.45, 2.75) is 12.1 Å². The lowest BCUT2D eigenvalue weighted by Crippen LogP contribution is -2.32. The molecule has 8 nitrogen and oxygen atoms in total. The number of anilines is 2. The van der Waals surface area contributed by atoms with Crippen molar-refractivity contribution in [3.8, 4) is 17.2 Å². The van der Waals surface area contributed by atoms with Crippen LogP contribution in [0.3, 0.4) is 0 Å². The molecule has 2 unspecified atom stereocenters. The van der Waals surface area contributed by atoms with Crippen LogP contribution in [0.25, 0.3) is 5.70 Å². The summed E-state index contributed by atoms with van der Waals surface area (Å²) in [5.74, 6) is 2.66. The highest BCUT2D eigenvalue weighted by Crippen LogP contribution is 2.51. The van der Waals surface area contributed by atoms with E-state index in [9.17, 15) is 0 Å². The van der Waals surface area contributed by atoms with Crippen LogP contribution in [-0.4, -0.2) is 43.1 Å². The van der Waals surface area contributed by atoms with Crippen LogP contribution in [-0.2, 0) is 0 Å². The number of nitrogens with one attached hydrogen (secondary N) is 1. The van der Waals surface area contributed by atoms with Gasteiger partial charge in [-0.25, -0.2) is 4.68 Å². The molecule has 0 fully saturated rings. The normalized spacial score (nSPS) is 17.6. The van der Waals surface area contributed by atoms with E-state index in [0.29, 0.717) is 22.5 Å². The summed E-state index contributed by atoms with van der Waals surface area (Å²) in [6, 6.07) is 19.7. The quantitative estimate of drug-likeness (QED) is 0.372. The molecule has 1 aromatic heterocycles. The first kappa shape index (κ1) is 23.2. The van der Waals surface area contributed by atoms with E-state index in [-0.39, 0.29) is 6.04 Å². The number of fused-ring (bicyclic) bond motifs is 3. The fourth-order valence-corrected chi connectivity index (χ4v) is 5.18. The number of methoxy groups -OCH3 is 2. The Balaban J connectivity index is 1.59. The Bertz CT molecular complexity index is 1510. The monoisotopic (exact) mass is 515 g/mol. The first-order valence-electron chi connectivity index (χ1n) is 11.8. The first-order chi connectivity index (χ1) is 18.0. The van der Waals surface area contributed by atoms with Crippen LogP contribution in [0.2, 0.25) is 5.02 Å². The number of nitrogens with zero attached hydrogens (tertiary/aromatic N) is 4. The molecule has 3 heterocycles. The lowest BCUT2D eigenvalue weighted by Gasteiger charge is -2.39. The van der Waals surface area contributed by atoms with Crippen LogP contribution in [0.1, 0.15) is 28.8 Å². The SMILES string of the molecule is COc1ccc(C2Oc3ccc(Cl)cc3C3=C2C(c2ccc(N(C)C)cc2)n2ncnc2N3)cc1OC. The van der Waals surface area contributed by atoms with Gasteiger partial charge in [-0.05, 0) is 48.0 Å². The molecule has 2 atom stereocenters. The van der Waals surface area contributed by atoms with Gasteiger partial charge in [0, 0.05) is 41.5 Å². The molecule has 1 N–H and O–H groups in total. The van der Waals surface area contributed by atoms with Gasteiger partial charge in [0.15, 0.2) is 11.5 Å². The van der Waals surface area contributed by atoms with Crippen LogP contribution in [0, 0.1) is 0 Å². The van der Waals surface area contributed by atoms with Gasteiger partial charge < -0.3 is 24.4 Å². The highest BCUT2D eigenvalue weighted by atomic mass is 35.5. The van der Waals surface area contributed by atoms with Crippen molar-refractivity contribution in [1.29, 1.82) is 0 Å². The molecule has 2 aliphatic rings. The molecular formula is C28H26ClN5O3. The predicted molar refractivity (Wildman–Crippen MR) is 144 cm³/mol. The third kappa shape index (κ3) is 3.84. The first-order valence-corrected chi connectivity index (χ1v) is 12.2. The van der Waals surface area contributed by atoms with Gasteiger partial charge in [-0.1, -0.05) is 29.8 Å². The summed E-state index contributed by atoms with van der Waals surface area (Å²) in [7, 11) is 7.31. The molecule has 9 heteroatoms. The Morgan fingerprint density at radius 3 is 2.43 bits per heavy atom. The number of hydrogen-bond acceptors (Lipinski definition) is 7. The third-order valence-corrected chi connectivity index (χ3v) is 7.05. The van der Waals surface area contributed by atoms with E-state index in [2.05, 4.69) is 44.6 Å².